The first-order valence-electron chi connectivity index (χ1n) is 6.39. The van der Waals surface area contributed by atoms with Gasteiger partial charge in [-0.3, -0.25) is 9.79 Å². The predicted molar refractivity (Wildman–Crippen MR) is 84.3 cm³/mol. The zero-order valence-electron chi connectivity index (χ0n) is 10.9. The highest BCUT2D eigenvalue weighted by molar-refractivity contribution is 9.10. The Hall–Kier alpha value is -1.94. The maximum absolute atomic E-state index is 12.0. The zero-order valence-corrected chi connectivity index (χ0v) is 12.5. The molecule has 0 aliphatic carbocycles. The first-order valence-corrected chi connectivity index (χ1v) is 7.18. The van der Waals surface area contributed by atoms with Crippen molar-refractivity contribution in [2.75, 3.05) is 5.32 Å². The van der Waals surface area contributed by atoms with E-state index in [0.717, 1.165) is 27.0 Å². The average Bonchev–Trinajstić information content (AvgIpc) is 2.58. The SMILES string of the molecule is C[C@H]1N=C(c2ccccc2)c2cc(Br)ccc2NC1=O. The van der Waals surface area contributed by atoms with E-state index in [9.17, 15) is 4.79 Å². The highest BCUT2D eigenvalue weighted by atomic mass is 79.9. The summed E-state index contributed by atoms with van der Waals surface area (Å²) in [5, 5.41) is 2.92. The standard InChI is InChI=1S/C16H13BrN2O/c1-10-16(20)19-14-8-7-12(17)9-13(14)15(18-10)11-5-3-2-4-6-11/h2-10H,1H3,(H,19,20)/t10-/m1/s1. The van der Waals surface area contributed by atoms with Crippen LogP contribution in [-0.2, 0) is 4.79 Å². The molecule has 3 rings (SSSR count). The number of nitrogens with zero attached hydrogens (tertiary/aromatic N) is 1. The number of carbonyl (C=O) groups is 1. The largest absolute Gasteiger partial charge is 0.324 e. The fraction of sp³-hybridized carbons (Fsp3) is 0.125. The van der Waals surface area contributed by atoms with Crippen molar-refractivity contribution in [1.29, 1.82) is 0 Å². The minimum absolute atomic E-state index is 0.0838. The van der Waals surface area contributed by atoms with Crippen LogP contribution in [-0.4, -0.2) is 17.7 Å². The van der Waals surface area contributed by atoms with E-state index in [4.69, 9.17) is 0 Å². The molecule has 20 heavy (non-hydrogen) atoms. The van der Waals surface area contributed by atoms with E-state index in [1.54, 1.807) is 6.92 Å². The first kappa shape index (κ1) is 13.1. The van der Waals surface area contributed by atoms with Gasteiger partial charge < -0.3 is 5.32 Å². The number of anilines is 1. The van der Waals surface area contributed by atoms with Crippen LogP contribution < -0.4 is 5.32 Å². The summed E-state index contributed by atoms with van der Waals surface area (Å²) < 4.78 is 0.962. The van der Waals surface area contributed by atoms with Crippen molar-refractivity contribution in [1.82, 2.24) is 0 Å². The molecule has 1 aliphatic rings. The molecule has 0 spiro atoms. The molecule has 1 amide bonds. The van der Waals surface area contributed by atoms with Gasteiger partial charge in [0.1, 0.15) is 6.04 Å². The molecule has 4 heteroatoms. The Kier molecular flexibility index (Phi) is 3.40. The summed E-state index contributed by atoms with van der Waals surface area (Å²) in [7, 11) is 0. The van der Waals surface area contributed by atoms with Crippen LogP contribution in [0.5, 0.6) is 0 Å². The van der Waals surface area contributed by atoms with Gasteiger partial charge in [0, 0.05) is 15.6 Å². The molecule has 0 fully saturated rings. The van der Waals surface area contributed by atoms with E-state index in [0.29, 0.717) is 0 Å². The monoisotopic (exact) mass is 328 g/mol. The smallest absolute Gasteiger partial charge is 0.248 e. The third-order valence-electron chi connectivity index (χ3n) is 3.24. The molecule has 0 unspecified atom stereocenters. The van der Waals surface area contributed by atoms with Crippen LogP contribution in [0.3, 0.4) is 0 Å². The third kappa shape index (κ3) is 2.39. The number of aliphatic imine (C=N–C) groups is 1. The van der Waals surface area contributed by atoms with Crippen LogP contribution in [0.4, 0.5) is 5.69 Å². The lowest BCUT2D eigenvalue weighted by Gasteiger charge is -2.10. The van der Waals surface area contributed by atoms with Gasteiger partial charge in [-0.05, 0) is 25.1 Å². The Bertz CT molecular complexity index is 695. The number of amides is 1. The normalized spacial score (nSPS) is 17.8. The highest BCUT2D eigenvalue weighted by Crippen LogP contribution is 2.27. The molecule has 1 aliphatic heterocycles. The molecule has 2 aromatic rings. The van der Waals surface area contributed by atoms with Crippen LogP contribution >= 0.6 is 15.9 Å². The van der Waals surface area contributed by atoms with Gasteiger partial charge in [0.15, 0.2) is 0 Å². The van der Waals surface area contributed by atoms with Crippen molar-refractivity contribution in [3.8, 4) is 0 Å². The molecular formula is C16H13BrN2O. The number of halogens is 1. The molecular weight excluding hydrogens is 316 g/mol. The van der Waals surface area contributed by atoms with Crippen molar-refractivity contribution in [2.45, 2.75) is 13.0 Å². The summed E-state index contributed by atoms with van der Waals surface area (Å²) in [6.07, 6.45) is 0. The summed E-state index contributed by atoms with van der Waals surface area (Å²) in [6.45, 7) is 1.80. The molecule has 1 atom stereocenters. The summed E-state index contributed by atoms with van der Waals surface area (Å²) in [6, 6.07) is 15.3. The summed E-state index contributed by atoms with van der Waals surface area (Å²) >= 11 is 3.48. The maximum Gasteiger partial charge on any atom is 0.248 e. The molecule has 1 heterocycles. The number of benzene rings is 2. The highest BCUT2D eigenvalue weighted by Gasteiger charge is 2.22. The van der Waals surface area contributed by atoms with Gasteiger partial charge in [-0.25, -0.2) is 0 Å². The number of carbonyl (C=O) groups excluding carboxylic acids is 1. The van der Waals surface area contributed by atoms with Crippen molar-refractivity contribution >= 4 is 33.2 Å². The summed E-state index contributed by atoms with van der Waals surface area (Å²) in [5.74, 6) is -0.0838. The first-order chi connectivity index (χ1) is 9.65. The van der Waals surface area contributed by atoms with E-state index < -0.39 is 6.04 Å². The summed E-state index contributed by atoms with van der Waals surface area (Å²) in [5.41, 5.74) is 3.58. The Morgan fingerprint density at radius 1 is 1.15 bits per heavy atom. The van der Waals surface area contributed by atoms with Crippen molar-refractivity contribution < 1.29 is 4.79 Å². The molecule has 0 saturated heterocycles. The van der Waals surface area contributed by atoms with Gasteiger partial charge in [0.05, 0.1) is 11.4 Å². The average molecular weight is 329 g/mol. The molecule has 1 N–H and O–H groups in total. The Morgan fingerprint density at radius 2 is 1.90 bits per heavy atom. The minimum Gasteiger partial charge on any atom is -0.324 e. The number of hydrogen-bond acceptors (Lipinski definition) is 2. The second kappa shape index (κ2) is 5.21. The molecule has 0 saturated carbocycles. The second-order valence-corrected chi connectivity index (χ2v) is 5.61. The Labute approximate surface area is 125 Å². The molecule has 100 valence electrons. The van der Waals surface area contributed by atoms with E-state index >= 15 is 0 Å². The van der Waals surface area contributed by atoms with Crippen LogP contribution in [0.15, 0.2) is 58.0 Å². The van der Waals surface area contributed by atoms with Gasteiger partial charge in [-0.1, -0.05) is 46.3 Å². The second-order valence-electron chi connectivity index (χ2n) is 4.70. The molecule has 3 nitrogen and oxygen atoms in total. The molecule has 0 bridgehead atoms. The number of benzodiazepines with no additional fused rings is 1. The number of rotatable bonds is 1. The van der Waals surface area contributed by atoms with E-state index in [1.165, 1.54) is 0 Å². The Morgan fingerprint density at radius 3 is 2.65 bits per heavy atom. The van der Waals surface area contributed by atoms with E-state index in [1.807, 2.05) is 48.5 Å². The minimum atomic E-state index is -0.406. The van der Waals surface area contributed by atoms with Gasteiger partial charge >= 0.3 is 0 Å². The molecule has 0 radical (unpaired) electrons. The maximum atomic E-state index is 12.0. The Balaban J connectivity index is 2.23. The van der Waals surface area contributed by atoms with Crippen molar-refractivity contribution in [3.05, 3.63) is 64.1 Å². The predicted octanol–water partition coefficient (Wildman–Crippen LogP) is 3.63. The lowest BCUT2D eigenvalue weighted by atomic mass is 10.0. The van der Waals surface area contributed by atoms with Crippen LogP contribution in [0.25, 0.3) is 0 Å². The van der Waals surface area contributed by atoms with Crippen LogP contribution in [0.2, 0.25) is 0 Å². The summed E-state index contributed by atoms with van der Waals surface area (Å²) in [4.78, 5) is 16.6. The topological polar surface area (TPSA) is 41.5 Å². The number of nitrogens with one attached hydrogen (secondary N) is 1. The zero-order chi connectivity index (χ0) is 14.1. The molecule has 0 aromatic heterocycles. The van der Waals surface area contributed by atoms with Gasteiger partial charge in [-0.2, -0.15) is 0 Å². The lowest BCUT2D eigenvalue weighted by Crippen LogP contribution is -2.22. The fourth-order valence-corrected chi connectivity index (χ4v) is 2.57. The quantitative estimate of drug-likeness (QED) is 0.853. The van der Waals surface area contributed by atoms with E-state index in [2.05, 4.69) is 26.2 Å². The van der Waals surface area contributed by atoms with E-state index in [-0.39, 0.29) is 5.91 Å². The van der Waals surface area contributed by atoms with Crippen LogP contribution in [0.1, 0.15) is 18.1 Å². The number of hydrogen-bond donors (Lipinski definition) is 1. The van der Waals surface area contributed by atoms with Gasteiger partial charge in [-0.15, -0.1) is 0 Å². The number of fused-ring (bicyclic) bond motifs is 1. The van der Waals surface area contributed by atoms with Gasteiger partial charge in [0.25, 0.3) is 0 Å². The molecule has 2 aromatic carbocycles. The third-order valence-corrected chi connectivity index (χ3v) is 3.74. The lowest BCUT2D eigenvalue weighted by molar-refractivity contribution is -0.116. The fourth-order valence-electron chi connectivity index (χ4n) is 2.21. The van der Waals surface area contributed by atoms with Crippen LogP contribution in [0, 0.1) is 0 Å². The van der Waals surface area contributed by atoms with Crippen molar-refractivity contribution in [3.63, 3.8) is 0 Å². The van der Waals surface area contributed by atoms with Crippen molar-refractivity contribution in [2.24, 2.45) is 4.99 Å². The van der Waals surface area contributed by atoms with Gasteiger partial charge in [0.2, 0.25) is 5.91 Å².